The normalized spacial score (nSPS) is 18.1. The van der Waals surface area contributed by atoms with E-state index in [4.69, 9.17) is 17.2 Å². The van der Waals surface area contributed by atoms with Crippen LogP contribution in [0.1, 0.15) is 112 Å². The van der Waals surface area contributed by atoms with Crippen molar-refractivity contribution in [3.63, 3.8) is 0 Å². The highest BCUT2D eigenvalue weighted by Gasteiger charge is 2.42. The highest BCUT2D eigenvalue weighted by Crippen LogP contribution is 2.23. The number of carboxylic acid groups (broad SMARTS) is 1. The Labute approximate surface area is 387 Å². The molecule has 14 N–H and O–H groups in total. The highest BCUT2D eigenvalue weighted by molar-refractivity contribution is 5.98. The number of likely N-dealkylation sites (tertiary alicyclic amines) is 1. The SMILES string of the molecule is CC[C@H](C)[C@H](NC(=O)[C@H](CCCCN)NC(=O)[C@@H](N)CC(N)=O)C(=O)N[C@H](C(=O)N[C@H](C(=O)N1CCC[C@H]1C(=O)N[C@@H](C)C(=O)N[C@@H](Cc1ccc(O)cc1)C(=O)O)[C@@H](C)CC)[C@@H](C)CC. The number of benzene rings is 1. The van der Waals surface area contributed by atoms with E-state index in [1.165, 1.54) is 36.1 Å². The monoisotopic (exact) mass is 931 g/mol. The number of carboxylic acids is 1. The van der Waals surface area contributed by atoms with Crippen LogP contribution in [-0.4, -0.2) is 130 Å². The van der Waals surface area contributed by atoms with E-state index in [9.17, 15) is 53.4 Å². The first-order valence-corrected chi connectivity index (χ1v) is 23.0. The van der Waals surface area contributed by atoms with E-state index in [1.54, 1.807) is 20.8 Å². The maximum atomic E-state index is 14.4. The Hall–Kier alpha value is -5.83. The first-order chi connectivity index (χ1) is 31.1. The van der Waals surface area contributed by atoms with Crippen LogP contribution in [0.5, 0.6) is 5.75 Å². The molecule has 370 valence electrons. The number of phenols is 1. The lowest BCUT2D eigenvalue weighted by molar-refractivity contribution is -0.144. The van der Waals surface area contributed by atoms with Gasteiger partial charge in [-0.05, 0) is 81.0 Å². The molecule has 1 saturated heterocycles. The summed E-state index contributed by atoms with van der Waals surface area (Å²) >= 11 is 0. The van der Waals surface area contributed by atoms with Gasteiger partial charge in [0, 0.05) is 13.0 Å². The van der Waals surface area contributed by atoms with Crippen LogP contribution in [0.2, 0.25) is 0 Å². The molecule has 1 aliphatic heterocycles. The highest BCUT2D eigenvalue weighted by atomic mass is 16.4. The number of carbonyl (C=O) groups is 9. The minimum Gasteiger partial charge on any atom is -0.508 e. The molecule has 21 heteroatoms. The van der Waals surface area contributed by atoms with Gasteiger partial charge in [-0.2, -0.15) is 0 Å². The van der Waals surface area contributed by atoms with E-state index < -0.39 is 126 Å². The van der Waals surface area contributed by atoms with Crippen molar-refractivity contribution in [2.75, 3.05) is 13.1 Å². The second kappa shape index (κ2) is 27.6. The fraction of sp³-hybridized carbons (Fsp3) is 0.667. The molecule has 0 saturated carbocycles. The lowest BCUT2D eigenvalue weighted by atomic mass is 9.93. The number of hydrogen-bond donors (Lipinski definition) is 11. The van der Waals surface area contributed by atoms with Crippen molar-refractivity contribution in [2.24, 2.45) is 35.0 Å². The van der Waals surface area contributed by atoms with Crippen LogP contribution in [-0.2, 0) is 49.6 Å². The average molecular weight is 931 g/mol. The standard InChI is InChI=1S/C45H74N10O11/c1-8-24(4)35(52-40(60)31(14-11-12-20-46)50-39(59)30(47)23-34(48)57)42(62)53-36(25(5)9-2)43(63)54-37(26(6)10-3)44(64)55-21-13-15-33(55)41(61)49-27(7)38(58)51-32(45(65)66)22-28-16-18-29(56)19-17-28/h16-19,24-27,30-33,35-37,56H,8-15,20-23,46-47H2,1-7H3,(H2,48,57)(H,49,61)(H,50,59)(H,51,58)(H,52,60)(H,53,62)(H,54,63)(H,65,66)/t24-,25-,26-,27-,30-,31-,32-,33-,35-,36-,37-/m0/s1. The van der Waals surface area contributed by atoms with Crippen molar-refractivity contribution >= 4 is 53.2 Å². The largest absolute Gasteiger partial charge is 0.508 e. The molecule has 2 rings (SSSR count). The summed E-state index contributed by atoms with van der Waals surface area (Å²) in [4.78, 5) is 121. The number of rotatable bonds is 28. The Morgan fingerprint density at radius 2 is 1.21 bits per heavy atom. The summed E-state index contributed by atoms with van der Waals surface area (Å²) in [7, 11) is 0. The third-order valence-electron chi connectivity index (χ3n) is 12.3. The molecule has 0 aromatic heterocycles. The fourth-order valence-electron chi connectivity index (χ4n) is 7.40. The van der Waals surface area contributed by atoms with E-state index in [0.717, 1.165) is 0 Å². The lowest BCUT2D eigenvalue weighted by Crippen LogP contribution is -2.62. The minimum absolute atomic E-state index is 0.00394. The Kier molecular flexibility index (Phi) is 23.5. The molecule has 0 spiro atoms. The van der Waals surface area contributed by atoms with Crippen molar-refractivity contribution in [3.8, 4) is 5.75 Å². The van der Waals surface area contributed by atoms with Gasteiger partial charge in [-0.25, -0.2) is 4.79 Å². The summed E-state index contributed by atoms with van der Waals surface area (Å²) in [6.45, 7) is 12.7. The summed E-state index contributed by atoms with van der Waals surface area (Å²) in [6, 6.07) is -3.57. The van der Waals surface area contributed by atoms with Gasteiger partial charge >= 0.3 is 5.97 Å². The number of hydrogen-bond acceptors (Lipinski definition) is 12. The van der Waals surface area contributed by atoms with Gasteiger partial charge in [-0.1, -0.05) is 72.9 Å². The molecular weight excluding hydrogens is 857 g/mol. The van der Waals surface area contributed by atoms with Gasteiger partial charge in [-0.3, -0.25) is 38.4 Å². The molecule has 11 atom stereocenters. The minimum atomic E-state index is -1.33. The molecule has 1 aromatic rings. The fourth-order valence-corrected chi connectivity index (χ4v) is 7.40. The third kappa shape index (κ3) is 17.2. The first-order valence-electron chi connectivity index (χ1n) is 23.0. The van der Waals surface area contributed by atoms with E-state index >= 15 is 0 Å². The van der Waals surface area contributed by atoms with E-state index in [0.29, 0.717) is 50.6 Å². The number of nitrogens with two attached hydrogens (primary N) is 3. The van der Waals surface area contributed by atoms with Gasteiger partial charge < -0.3 is 64.2 Å². The molecule has 8 amide bonds. The molecule has 1 aromatic carbocycles. The summed E-state index contributed by atoms with van der Waals surface area (Å²) in [5.41, 5.74) is 17.2. The second-order valence-corrected chi connectivity index (χ2v) is 17.4. The first kappa shape index (κ1) is 56.3. The van der Waals surface area contributed by atoms with Crippen LogP contribution < -0.4 is 49.1 Å². The van der Waals surface area contributed by atoms with Gasteiger partial charge in [0.25, 0.3) is 0 Å². The molecular formula is C45H74N10O11. The van der Waals surface area contributed by atoms with Gasteiger partial charge in [-0.15, -0.1) is 0 Å². The quantitative estimate of drug-likeness (QED) is 0.0469. The van der Waals surface area contributed by atoms with Crippen molar-refractivity contribution in [1.82, 2.24) is 36.8 Å². The van der Waals surface area contributed by atoms with E-state index in [1.807, 2.05) is 20.8 Å². The molecule has 0 radical (unpaired) electrons. The molecule has 0 aliphatic carbocycles. The molecule has 1 heterocycles. The molecule has 0 bridgehead atoms. The number of carbonyl (C=O) groups excluding carboxylic acids is 8. The summed E-state index contributed by atoms with van der Waals surface area (Å²) in [5, 5.41) is 35.3. The van der Waals surface area contributed by atoms with Crippen molar-refractivity contribution in [1.29, 1.82) is 0 Å². The predicted octanol–water partition coefficient (Wildman–Crippen LogP) is -0.591. The number of amides is 8. The van der Waals surface area contributed by atoms with Crippen molar-refractivity contribution < 1.29 is 53.4 Å². The molecule has 66 heavy (non-hydrogen) atoms. The Morgan fingerprint density at radius 1 is 0.697 bits per heavy atom. The zero-order valence-corrected chi connectivity index (χ0v) is 39.4. The average Bonchev–Trinajstić information content (AvgIpc) is 3.78. The third-order valence-corrected chi connectivity index (χ3v) is 12.3. The Morgan fingerprint density at radius 3 is 1.73 bits per heavy atom. The summed E-state index contributed by atoms with van der Waals surface area (Å²) in [5.74, 6) is -8.18. The maximum absolute atomic E-state index is 14.4. The van der Waals surface area contributed by atoms with Crippen molar-refractivity contribution in [3.05, 3.63) is 29.8 Å². The maximum Gasteiger partial charge on any atom is 0.326 e. The van der Waals surface area contributed by atoms with Crippen LogP contribution in [0.25, 0.3) is 0 Å². The number of nitrogens with zero attached hydrogens (tertiary/aromatic N) is 1. The van der Waals surface area contributed by atoms with E-state index in [-0.39, 0.29) is 31.6 Å². The Balaban J connectivity index is 2.27. The van der Waals surface area contributed by atoms with Crippen LogP contribution in [0, 0.1) is 17.8 Å². The predicted molar refractivity (Wildman–Crippen MR) is 244 cm³/mol. The van der Waals surface area contributed by atoms with Gasteiger partial charge in [0.05, 0.1) is 12.5 Å². The van der Waals surface area contributed by atoms with Gasteiger partial charge in [0.15, 0.2) is 0 Å². The number of aromatic hydroxyl groups is 1. The van der Waals surface area contributed by atoms with Gasteiger partial charge in [0.2, 0.25) is 47.3 Å². The summed E-state index contributed by atoms with van der Waals surface area (Å²) in [6.07, 6.45) is 2.65. The molecule has 1 fully saturated rings. The zero-order chi connectivity index (χ0) is 49.8. The van der Waals surface area contributed by atoms with Crippen LogP contribution in [0.3, 0.4) is 0 Å². The van der Waals surface area contributed by atoms with Gasteiger partial charge in [0.1, 0.15) is 48.0 Å². The van der Waals surface area contributed by atoms with E-state index in [2.05, 4.69) is 31.9 Å². The summed E-state index contributed by atoms with van der Waals surface area (Å²) < 4.78 is 0. The molecule has 1 aliphatic rings. The number of aliphatic carboxylic acids is 1. The second-order valence-electron chi connectivity index (χ2n) is 17.4. The molecule has 0 unspecified atom stereocenters. The topological polar surface area (TPSA) is 348 Å². The lowest BCUT2D eigenvalue weighted by Gasteiger charge is -2.34. The smallest absolute Gasteiger partial charge is 0.326 e. The molecule has 21 nitrogen and oxygen atoms in total. The number of primary amides is 1. The number of unbranched alkanes of at least 4 members (excludes halogenated alkanes) is 1. The van der Waals surface area contributed by atoms with Crippen molar-refractivity contribution in [2.45, 2.75) is 161 Å². The Bertz CT molecular complexity index is 1830. The van der Waals surface area contributed by atoms with Crippen LogP contribution >= 0.6 is 0 Å². The number of nitrogens with one attached hydrogen (secondary N) is 6. The van der Waals surface area contributed by atoms with Crippen LogP contribution in [0.4, 0.5) is 0 Å². The zero-order valence-electron chi connectivity index (χ0n) is 39.4. The van der Waals surface area contributed by atoms with Crippen LogP contribution in [0.15, 0.2) is 24.3 Å². The number of phenolic OH excluding ortho intramolecular Hbond substituents is 1.